The van der Waals surface area contributed by atoms with E-state index in [1.54, 1.807) is 0 Å². The first-order chi connectivity index (χ1) is 9.77. The molecule has 0 aliphatic heterocycles. The fourth-order valence-corrected chi connectivity index (χ4v) is 2.64. The SMILES string of the molecule is CCCCCCCCCCCCCCCCCC(=O)[O-].[Ca+2].[O-2].[Zn+2]. The van der Waals surface area contributed by atoms with Crippen LogP contribution in [0.25, 0.3) is 0 Å². The third kappa shape index (κ3) is 31.6. The maximum absolute atomic E-state index is 10.2. The van der Waals surface area contributed by atoms with Crippen molar-refractivity contribution in [2.75, 3.05) is 0 Å². The molecule has 0 unspecified atom stereocenters. The smallest absolute Gasteiger partial charge is 2.00 e. The van der Waals surface area contributed by atoms with E-state index < -0.39 is 5.97 Å². The van der Waals surface area contributed by atoms with Crippen LogP contribution in [0.5, 0.6) is 0 Å². The zero-order valence-electron chi connectivity index (χ0n) is 15.5. The standard InChI is InChI=1S/C18H36O2.Ca.O.Zn/c1-2-3-4-5-6-7-8-9-10-11-12-13-14-15-16-17-18(19)20;;;/h2-17H2,1H3,(H,19,20);;;/q;+2;-2;+2/p-1. The molecule has 0 rings (SSSR count). The minimum absolute atomic E-state index is 0. The molecule has 0 aromatic carbocycles. The average molecular weight is 405 g/mol. The van der Waals surface area contributed by atoms with Crippen LogP contribution in [-0.4, -0.2) is 43.7 Å². The Morgan fingerprint density at radius 1 is 0.652 bits per heavy atom. The van der Waals surface area contributed by atoms with E-state index >= 15 is 0 Å². The van der Waals surface area contributed by atoms with Crippen molar-refractivity contribution in [3.8, 4) is 0 Å². The summed E-state index contributed by atoms with van der Waals surface area (Å²) in [6, 6.07) is 0. The van der Waals surface area contributed by atoms with Gasteiger partial charge in [-0.1, -0.05) is 96.8 Å². The molecule has 0 radical (unpaired) electrons. The van der Waals surface area contributed by atoms with Gasteiger partial charge in [0.05, 0.1) is 0 Å². The van der Waals surface area contributed by atoms with Crippen molar-refractivity contribution in [3.63, 3.8) is 0 Å². The molecule has 3 nitrogen and oxygen atoms in total. The third-order valence-corrected chi connectivity index (χ3v) is 3.98. The number of rotatable bonds is 16. The summed E-state index contributed by atoms with van der Waals surface area (Å²) in [5.41, 5.74) is 0. The van der Waals surface area contributed by atoms with Gasteiger partial charge >= 0.3 is 57.2 Å². The zero-order valence-corrected chi connectivity index (χ0v) is 20.6. The van der Waals surface area contributed by atoms with Crippen LogP contribution in [0.15, 0.2) is 0 Å². The molecule has 0 aliphatic rings. The predicted octanol–water partition coefficient (Wildman–Crippen LogP) is 4.50. The van der Waals surface area contributed by atoms with Crippen molar-refractivity contribution in [2.24, 2.45) is 0 Å². The molecule has 0 saturated carbocycles. The second-order valence-electron chi connectivity index (χ2n) is 6.07. The van der Waals surface area contributed by atoms with Crippen molar-refractivity contribution < 1.29 is 34.9 Å². The monoisotopic (exact) mass is 403 g/mol. The number of unbranched alkanes of at least 4 members (excludes halogenated alkanes) is 14. The first kappa shape index (κ1) is 32.0. The number of carbonyl (C=O) groups is 1. The molecule has 0 aliphatic carbocycles. The zero-order chi connectivity index (χ0) is 14.9. The predicted molar refractivity (Wildman–Crippen MR) is 91.0 cm³/mol. The van der Waals surface area contributed by atoms with Crippen molar-refractivity contribution in [2.45, 2.75) is 110 Å². The van der Waals surface area contributed by atoms with Crippen LogP contribution in [0.4, 0.5) is 0 Å². The average Bonchev–Trinajstić information content (AvgIpc) is 2.43. The Morgan fingerprint density at radius 3 is 1.17 bits per heavy atom. The normalized spacial score (nSPS) is 9.43. The second-order valence-corrected chi connectivity index (χ2v) is 6.07. The van der Waals surface area contributed by atoms with Gasteiger partial charge in [-0.25, -0.2) is 0 Å². The molecule has 0 amide bonds. The summed E-state index contributed by atoms with van der Waals surface area (Å²) in [7, 11) is 0. The van der Waals surface area contributed by atoms with Gasteiger partial charge in [0, 0.05) is 5.97 Å². The van der Waals surface area contributed by atoms with Gasteiger partial charge < -0.3 is 15.4 Å². The molecule has 0 bridgehead atoms. The topological polar surface area (TPSA) is 68.6 Å². The molecule has 0 aromatic heterocycles. The van der Waals surface area contributed by atoms with Crippen molar-refractivity contribution in [3.05, 3.63) is 0 Å². The van der Waals surface area contributed by atoms with Gasteiger partial charge in [0.2, 0.25) is 0 Å². The molecule has 5 heteroatoms. The second kappa shape index (κ2) is 28.1. The Balaban J connectivity index is -0.000000602. The van der Waals surface area contributed by atoms with E-state index in [9.17, 15) is 9.90 Å². The van der Waals surface area contributed by atoms with E-state index in [0.29, 0.717) is 0 Å². The van der Waals surface area contributed by atoms with Crippen LogP contribution < -0.4 is 5.11 Å². The quantitative estimate of drug-likeness (QED) is 0.281. The van der Waals surface area contributed by atoms with E-state index in [0.717, 1.165) is 12.8 Å². The van der Waals surface area contributed by atoms with Crippen LogP contribution in [0.3, 0.4) is 0 Å². The number of hydrogen-bond acceptors (Lipinski definition) is 2. The summed E-state index contributed by atoms with van der Waals surface area (Å²) in [5, 5.41) is 10.2. The van der Waals surface area contributed by atoms with Gasteiger partial charge in [0.1, 0.15) is 0 Å². The molecule has 0 aromatic rings. The van der Waals surface area contributed by atoms with Crippen LogP contribution in [0, 0.1) is 0 Å². The summed E-state index contributed by atoms with van der Waals surface area (Å²) in [6.07, 6.45) is 19.9. The molecule has 0 fully saturated rings. The molecule has 0 N–H and O–H groups in total. The maximum Gasteiger partial charge on any atom is 2.00 e. The number of carboxylic acids is 1. The van der Waals surface area contributed by atoms with Crippen molar-refractivity contribution in [1.82, 2.24) is 0 Å². The Morgan fingerprint density at radius 2 is 0.913 bits per heavy atom. The van der Waals surface area contributed by atoms with Crippen LogP contribution in [0.2, 0.25) is 0 Å². The minimum Gasteiger partial charge on any atom is -2.00 e. The summed E-state index contributed by atoms with van der Waals surface area (Å²) in [4.78, 5) is 10.2. The molecule has 0 heterocycles. The molecular weight excluding hydrogens is 370 g/mol. The van der Waals surface area contributed by atoms with Crippen LogP contribution >= 0.6 is 0 Å². The van der Waals surface area contributed by atoms with Crippen LogP contribution in [0.1, 0.15) is 110 Å². The van der Waals surface area contributed by atoms with E-state index in [2.05, 4.69) is 6.92 Å². The van der Waals surface area contributed by atoms with Gasteiger partial charge in [-0.3, -0.25) is 0 Å². The molecular formula is C18H35CaO3Zn+. The Hall–Kier alpha value is 1.31. The Labute approximate surface area is 186 Å². The summed E-state index contributed by atoms with van der Waals surface area (Å²) in [6.45, 7) is 2.27. The minimum atomic E-state index is -0.903. The number of carboxylic acid groups (broad SMARTS) is 1. The molecule has 128 valence electrons. The van der Waals surface area contributed by atoms with E-state index in [1.165, 1.54) is 83.5 Å². The van der Waals surface area contributed by atoms with Gasteiger partial charge in [0.25, 0.3) is 0 Å². The Bertz CT molecular complexity index is 216. The molecule has 23 heavy (non-hydrogen) atoms. The van der Waals surface area contributed by atoms with Crippen LogP contribution in [-0.2, 0) is 29.7 Å². The van der Waals surface area contributed by atoms with E-state index in [4.69, 9.17) is 0 Å². The third-order valence-electron chi connectivity index (χ3n) is 3.98. The molecule has 0 saturated heterocycles. The number of carbonyl (C=O) groups excluding carboxylic acids is 1. The fourth-order valence-electron chi connectivity index (χ4n) is 2.64. The summed E-state index contributed by atoms with van der Waals surface area (Å²) in [5.74, 6) is -0.903. The van der Waals surface area contributed by atoms with Gasteiger partial charge in [-0.15, -0.1) is 0 Å². The van der Waals surface area contributed by atoms with Gasteiger partial charge in [-0.05, 0) is 12.8 Å². The maximum atomic E-state index is 10.2. The summed E-state index contributed by atoms with van der Waals surface area (Å²) < 4.78 is 0. The number of aliphatic carboxylic acids is 1. The van der Waals surface area contributed by atoms with Crippen molar-refractivity contribution >= 4 is 43.7 Å². The first-order valence-electron chi connectivity index (χ1n) is 8.97. The largest absolute Gasteiger partial charge is 2.00 e. The Kier molecular flexibility index (Phi) is 39.2. The van der Waals surface area contributed by atoms with E-state index in [-0.39, 0.29) is 69.1 Å². The molecule has 0 atom stereocenters. The number of hydrogen-bond donors (Lipinski definition) is 0. The molecule has 0 spiro atoms. The van der Waals surface area contributed by atoms with Crippen molar-refractivity contribution in [1.29, 1.82) is 0 Å². The van der Waals surface area contributed by atoms with Gasteiger partial charge in [0.15, 0.2) is 0 Å². The van der Waals surface area contributed by atoms with E-state index in [1.807, 2.05) is 0 Å². The fraction of sp³-hybridized carbons (Fsp3) is 0.944. The van der Waals surface area contributed by atoms with Gasteiger partial charge in [-0.2, -0.15) is 0 Å². The first-order valence-corrected chi connectivity index (χ1v) is 8.97. The summed E-state index contributed by atoms with van der Waals surface area (Å²) >= 11 is 0.